The number of thioether (sulfide) groups is 1. The number of carbonyl (C=O) groups excluding carboxylic acids is 2. The van der Waals surface area contributed by atoms with Crippen molar-refractivity contribution in [2.24, 2.45) is 5.92 Å². The van der Waals surface area contributed by atoms with Crippen LogP contribution in [0.25, 0.3) is 0 Å². The Morgan fingerprint density at radius 1 is 1.09 bits per heavy atom. The summed E-state index contributed by atoms with van der Waals surface area (Å²) in [5, 5.41) is 15.2. The van der Waals surface area contributed by atoms with Gasteiger partial charge in [-0.15, -0.1) is 10.2 Å². The van der Waals surface area contributed by atoms with E-state index in [4.69, 9.17) is 0 Å². The van der Waals surface area contributed by atoms with Crippen molar-refractivity contribution in [3.63, 3.8) is 0 Å². The van der Waals surface area contributed by atoms with Gasteiger partial charge in [0, 0.05) is 18.3 Å². The molecule has 2 amide bonds. The Morgan fingerprint density at radius 2 is 1.84 bits per heavy atom. The van der Waals surface area contributed by atoms with Gasteiger partial charge in [-0.05, 0) is 43.5 Å². The highest BCUT2D eigenvalue weighted by atomic mass is 32.2. The van der Waals surface area contributed by atoms with Crippen LogP contribution in [0.15, 0.2) is 53.8 Å². The molecule has 0 bridgehead atoms. The van der Waals surface area contributed by atoms with Crippen LogP contribution in [0.1, 0.15) is 48.6 Å². The molecule has 2 N–H and O–H groups in total. The minimum atomic E-state index is -0.311. The van der Waals surface area contributed by atoms with Gasteiger partial charge < -0.3 is 15.2 Å². The smallest absolute Gasteiger partial charge is 0.251 e. The van der Waals surface area contributed by atoms with Gasteiger partial charge >= 0.3 is 0 Å². The van der Waals surface area contributed by atoms with Gasteiger partial charge in [-0.25, -0.2) is 4.98 Å². The van der Waals surface area contributed by atoms with Crippen molar-refractivity contribution in [2.75, 3.05) is 11.1 Å². The van der Waals surface area contributed by atoms with Crippen molar-refractivity contribution in [2.45, 2.75) is 45.4 Å². The van der Waals surface area contributed by atoms with Gasteiger partial charge in [0.15, 0.2) is 11.0 Å². The van der Waals surface area contributed by atoms with E-state index in [1.54, 1.807) is 18.3 Å². The first-order chi connectivity index (χ1) is 15.4. The highest BCUT2D eigenvalue weighted by molar-refractivity contribution is 7.99. The van der Waals surface area contributed by atoms with Crippen LogP contribution in [0, 0.1) is 12.8 Å². The van der Waals surface area contributed by atoms with Crippen molar-refractivity contribution in [1.82, 2.24) is 25.1 Å². The number of aryl methyl sites for hydroxylation is 1. The molecule has 1 aromatic carbocycles. The van der Waals surface area contributed by atoms with E-state index in [-0.39, 0.29) is 29.5 Å². The summed E-state index contributed by atoms with van der Waals surface area (Å²) in [7, 11) is 0. The topological polar surface area (TPSA) is 102 Å². The van der Waals surface area contributed by atoms with E-state index in [0.717, 1.165) is 5.56 Å². The molecule has 3 aromatic rings. The fourth-order valence-corrected chi connectivity index (χ4v) is 4.00. The van der Waals surface area contributed by atoms with Crippen LogP contribution < -0.4 is 10.6 Å². The molecule has 0 aliphatic heterocycles. The molecule has 9 heteroatoms. The minimum Gasteiger partial charge on any atom is -0.342 e. The van der Waals surface area contributed by atoms with Crippen LogP contribution in [0.4, 0.5) is 5.82 Å². The molecule has 8 nitrogen and oxygen atoms in total. The molecule has 0 fully saturated rings. The molecule has 2 heterocycles. The Labute approximate surface area is 192 Å². The molecule has 0 radical (unpaired) electrons. The van der Waals surface area contributed by atoms with E-state index in [9.17, 15) is 9.59 Å². The predicted octanol–water partition coefficient (Wildman–Crippen LogP) is 3.86. The first-order valence-corrected chi connectivity index (χ1v) is 11.5. The Bertz CT molecular complexity index is 1070. The average Bonchev–Trinajstić information content (AvgIpc) is 3.20. The predicted molar refractivity (Wildman–Crippen MR) is 126 cm³/mol. The molecule has 0 saturated carbocycles. The van der Waals surface area contributed by atoms with Crippen LogP contribution in [0.3, 0.4) is 0 Å². The van der Waals surface area contributed by atoms with Crippen molar-refractivity contribution in [3.8, 4) is 0 Å². The number of nitrogens with zero attached hydrogens (tertiary/aromatic N) is 4. The summed E-state index contributed by atoms with van der Waals surface area (Å²) in [5.41, 5.74) is 1.50. The molecule has 0 aliphatic rings. The van der Waals surface area contributed by atoms with Crippen molar-refractivity contribution >= 4 is 29.4 Å². The number of anilines is 1. The zero-order valence-corrected chi connectivity index (χ0v) is 19.5. The summed E-state index contributed by atoms with van der Waals surface area (Å²) < 4.78 is 1.94. The molecule has 0 spiro atoms. The SMILES string of the molecule is CCn1c(SCC(=O)Nc2ncccc2C)nnc1[C@@H](NC(=O)c1ccccc1)C(C)C. The number of benzene rings is 1. The van der Waals surface area contributed by atoms with E-state index < -0.39 is 0 Å². The monoisotopic (exact) mass is 452 g/mol. The minimum absolute atomic E-state index is 0.102. The summed E-state index contributed by atoms with van der Waals surface area (Å²) in [6.07, 6.45) is 1.64. The van der Waals surface area contributed by atoms with Gasteiger partial charge in [-0.3, -0.25) is 9.59 Å². The molecule has 3 rings (SSSR count). The molecular formula is C23H28N6O2S. The van der Waals surface area contributed by atoms with E-state index in [0.29, 0.717) is 28.9 Å². The third kappa shape index (κ3) is 5.73. The number of amides is 2. The van der Waals surface area contributed by atoms with Gasteiger partial charge in [0.25, 0.3) is 5.91 Å². The molecule has 2 aromatic heterocycles. The maximum absolute atomic E-state index is 12.7. The van der Waals surface area contributed by atoms with Crippen molar-refractivity contribution in [3.05, 3.63) is 65.6 Å². The maximum Gasteiger partial charge on any atom is 0.251 e. The third-order valence-corrected chi connectivity index (χ3v) is 5.90. The van der Waals surface area contributed by atoms with Crippen LogP contribution >= 0.6 is 11.8 Å². The summed E-state index contributed by atoms with van der Waals surface area (Å²) in [6, 6.07) is 12.5. The van der Waals surface area contributed by atoms with Crippen molar-refractivity contribution in [1.29, 1.82) is 0 Å². The maximum atomic E-state index is 12.7. The second kappa shape index (κ2) is 10.9. The fraction of sp³-hybridized carbons (Fsp3) is 0.348. The summed E-state index contributed by atoms with van der Waals surface area (Å²) in [6.45, 7) is 8.56. The normalized spacial score (nSPS) is 11.9. The molecule has 1 atom stereocenters. The second-order valence-electron chi connectivity index (χ2n) is 7.65. The Hall–Kier alpha value is -3.20. The fourth-order valence-electron chi connectivity index (χ4n) is 3.19. The Kier molecular flexibility index (Phi) is 7.99. The lowest BCUT2D eigenvalue weighted by Gasteiger charge is -2.22. The zero-order chi connectivity index (χ0) is 23.1. The van der Waals surface area contributed by atoms with E-state index in [1.165, 1.54) is 11.8 Å². The second-order valence-corrected chi connectivity index (χ2v) is 8.59. The lowest BCUT2D eigenvalue weighted by atomic mass is 10.0. The summed E-state index contributed by atoms with van der Waals surface area (Å²) in [4.78, 5) is 29.3. The number of aromatic nitrogens is 4. The highest BCUT2D eigenvalue weighted by Crippen LogP contribution is 2.25. The molecule has 0 unspecified atom stereocenters. The number of hydrogen-bond acceptors (Lipinski definition) is 6. The largest absolute Gasteiger partial charge is 0.342 e. The van der Waals surface area contributed by atoms with E-state index in [1.807, 2.05) is 62.6 Å². The van der Waals surface area contributed by atoms with Crippen LogP contribution in [-0.4, -0.2) is 37.3 Å². The number of nitrogens with one attached hydrogen (secondary N) is 2. The quantitative estimate of drug-likeness (QED) is 0.478. The van der Waals surface area contributed by atoms with Gasteiger partial charge in [-0.1, -0.05) is 49.9 Å². The number of carbonyl (C=O) groups is 2. The van der Waals surface area contributed by atoms with Gasteiger partial charge in [0.1, 0.15) is 5.82 Å². The van der Waals surface area contributed by atoms with E-state index >= 15 is 0 Å². The Balaban J connectivity index is 1.71. The molecule has 168 valence electrons. The average molecular weight is 453 g/mol. The summed E-state index contributed by atoms with van der Waals surface area (Å²) >= 11 is 1.31. The summed E-state index contributed by atoms with van der Waals surface area (Å²) in [5.74, 6) is 1.19. The number of hydrogen-bond donors (Lipinski definition) is 2. The highest BCUT2D eigenvalue weighted by Gasteiger charge is 2.26. The van der Waals surface area contributed by atoms with Crippen LogP contribution in [-0.2, 0) is 11.3 Å². The third-order valence-electron chi connectivity index (χ3n) is 4.93. The number of pyridine rings is 1. The first kappa shape index (κ1) is 23.5. The first-order valence-electron chi connectivity index (χ1n) is 10.5. The van der Waals surface area contributed by atoms with Gasteiger partial charge in [0.05, 0.1) is 11.8 Å². The molecular weight excluding hydrogens is 424 g/mol. The molecule has 0 aliphatic carbocycles. The van der Waals surface area contributed by atoms with Gasteiger partial charge in [-0.2, -0.15) is 0 Å². The van der Waals surface area contributed by atoms with E-state index in [2.05, 4.69) is 25.8 Å². The van der Waals surface area contributed by atoms with Crippen LogP contribution in [0.2, 0.25) is 0 Å². The number of rotatable bonds is 9. The lowest BCUT2D eigenvalue weighted by molar-refractivity contribution is -0.113. The van der Waals surface area contributed by atoms with Gasteiger partial charge in [0.2, 0.25) is 5.91 Å². The lowest BCUT2D eigenvalue weighted by Crippen LogP contribution is -2.33. The molecule has 0 saturated heterocycles. The standard InChI is InChI=1S/C23H28N6O2S/c1-5-29-21(19(15(2)3)26-22(31)17-11-7-6-8-12-17)27-28-23(29)32-14-18(30)25-20-16(4)10-9-13-24-20/h6-13,15,19H,5,14H2,1-4H3,(H,26,31)(H,24,25,30)/t19-/m0/s1. The zero-order valence-electron chi connectivity index (χ0n) is 18.7. The van der Waals surface area contributed by atoms with Crippen molar-refractivity contribution < 1.29 is 9.59 Å². The Morgan fingerprint density at radius 3 is 2.50 bits per heavy atom. The van der Waals surface area contributed by atoms with Crippen LogP contribution in [0.5, 0.6) is 0 Å². The molecule has 32 heavy (non-hydrogen) atoms.